The van der Waals surface area contributed by atoms with Crippen molar-refractivity contribution in [3.05, 3.63) is 82.4 Å². The van der Waals surface area contributed by atoms with Gasteiger partial charge in [-0.15, -0.1) is 0 Å². The van der Waals surface area contributed by atoms with Crippen molar-refractivity contribution in [1.82, 2.24) is 24.7 Å². The van der Waals surface area contributed by atoms with Crippen LogP contribution in [-0.2, 0) is 4.74 Å². The number of aryl methyl sites for hydroxylation is 3. The summed E-state index contributed by atoms with van der Waals surface area (Å²) in [5.74, 6) is 0. The Balaban J connectivity index is 1.50. The van der Waals surface area contributed by atoms with Crippen LogP contribution in [0.3, 0.4) is 0 Å². The van der Waals surface area contributed by atoms with Gasteiger partial charge in [-0.3, -0.25) is 9.88 Å². The lowest BCUT2D eigenvalue weighted by Gasteiger charge is -2.30. The number of morpholine rings is 1. The molecule has 190 valence electrons. The number of hydrogen-bond acceptors (Lipinski definition) is 4. The zero-order valence-corrected chi connectivity index (χ0v) is 22.6. The van der Waals surface area contributed by atoms with Gasteiger partial charge in [-0.1, -0.05) is 18.2 Å². The predicted molar refractivity (Wildman–Crippen MR) is 149 cm³/mol. The van der Waals surface area contributed by atoms with E-state index in [1.54, 1.807) is 0 Å². The molecule has 5 rings (SSSR count). The number of rotatable bonds is 7. The highest BCUT2D eigenvalue weighted by molar-refractivity contribution is 7.80. The van der Waals surface area contributed by atoms with Gasteiger partial charge < -0.3 is 19.5 Å². The summed E-state index contributed by atoms with van der Waals surface area (Å²) in [7, 11) is 0. The van der Waals surface area contributed by atoms with E-state index >= 15 is 0 Å². The quantitative estimate of drug-likeness (QED) is 0.468. The summed E-state index contributed by atoms with van der Waals surface area (Å²) < 4.78 is 7.92. The van der Waals surface area contributed by atoms with E-state index < -0.39 is 0 Å². The van der Waals surface area contributed by atoms with Gasteiger partial charge in [-0.25, -0.2) is 0 Å². The van der Waals surface area contributed by atoms with E-state index in [1.165, 1.54) is 33.8 Å². The van der Waals surface area contributed by atoms with Crippen molar-refractivity contribution in [3.8, 4) is 5.69 Å². The molecule has 0 aliphatic carbocycles. The number of aromatic nitrogens is 2. The maximum absolute atomic E-state index is 5.93. The molecule has 7 heteroatoms. The molecule has 0 unspecified atom stereocenters. The second-order valence-electron chi connectivity index (χ2n) is 10.1. The smallest absolute Gasteiger partial charge is 0.170 e. The number of pyridine rings is 1. The van der Waals surface area contributed by atoms with Crippen LogP contribution in [0.1, 0.15) is 52.3 Å². The van der Waals surface area contributed by atoms with Crippen molar-refractivity contribution in [2.75, 3.05) is 39.4 Å². The Morgan fingerprint density at radius 1 is 1.03 bits per heavy atom. The molecule has 36 heavy (non-hydrogen) atoms. The molecule has 2 saturated heterocycles. The lowest BCUT2D eigenvalue weighted by Crippen LogP contribution is -2.39. The first-order valence-corrected chi connectivity index (χ1v) is 13.4. The van der Waals surface area contributed by atoms with Crippen molar-refractivity contribution >= 4 is 17.3 Å². The molecule has 2 aromatic heterocycles. The Morgan fingerprint density at radius 2 is 1.83 bits per heavy atom. The van der Waals surface area contributed by atoms with Crippen LogP contribution in [0.2, 0.25) is 0 Å². The van der Waals surface area contributed by atoms with Crippen molar-refractivity contribution in [3.63, 3.8) is 0 Å². The molecule has 0 radical (unpaired) electrons. The number of benzene rings is 1. The first kappa shape index (κ1) is 24.9. The Bertz CT molecular complexity index is 1220. The van der Waals surface area contributed by atoms with Crippen LogP contribution in [0.15, 0.2) is 48.7 Å². The normalized spacial score (nSPS) is 20.7. The fraction of sp³-hybridized carbons (Fsp3) is 0.448. The zero-order valence-electron chi connectivity index (χ0n) is 21.8. The molecule has 0 saturated carbocycles. The molecule has 2 aliphatic heterocycles. The summed E-state index contributed by atoms with van der Waals surface area (Å²) in [6.07, 6.45) is 2.93. The molecule has 3 aromatic rings. The molecule has 2 atom stereocenters. The lowest BCUT2D eigenvalue weighted by atomic mass is 9.96. The van der Waals surface area contributed by atoms with Crippen LogP contribution in [-0.4, -0.2) is 63.9 Å². The third kappa shape index (κ3) is 4.92. The molecule has 0 amide bonds. The van der Waals surface area contributed by atoms with Crippen LogP contribution in [0.5, 0.6) is 0 Å². The second kappa shape index (κ2) is 10.7. The third-order valence-electron chi connectivity index (χ3n) is 7.57. The van der Waals surface area contributed by atoms with Gasteiger partial charge in [0, 0.05) is 49.5 Å². The van der Waals surface area contributed by atoms with E-state index in [0.717, 1.165) is 56.6 Å². The van der Waals surface area contributed by atoms with E-state index in [-0.39, 0.29) is 12.1 Å². The molecule has 4 heterocycles. The Morgan fingerprint density at radius 3 is 2.58 bits per heavy atom. The Hall–Kier alpha value is -2.74. The van der Waals surface area contributed by atoms with Gasteiger partial charge in [0.25, 0.3) is 0 Å². The minimum absolute atomic E-state index is 0.00893. The van der Waals surface area contributed by atoms with Gasteiger partial charge in [0.05, 0.1) is 31.0 Å². The Labute approximate surface area is 220 Å². The molecule has 2 fully saturated rings. The van der Waals surface area contributed by atoms with E-state index in [2.05, 4.69) is 83.8 Å². The molecule has 1 aromatic carbocycles. The van der Waals surface area contributed by atoms with Crippen molar-refractivity contribution in [2.24, 2.45) is 0 Å². The van der Waals surface area contributed by atoms with E-state index in [1.807, 2.05) is 12.3 Å². The molecule has 0 spiro atoms. The van der Waals surface area contributed by atoms with E-state index in [9.17, 15) is 0 Å². The number of nitrogens with zero attached hydrogens (tertiary/aromatic N) is 4. The molecule has 6 nitrogen and oxygen atoms in total. The van der Waals surface area contributed by atoms with E-state index in [0.29, 0.717) is 0 Å². The van der Waals surface area contributed by atoms with Crippen molar-refractivity contribution in [2.45, 2.75) is 46.2 Å². The average molecular weight is 504 g/mol. The zero-order chi connectivity index (χ0) is 25.2. The molecule has 0 bridgehead atoms. The van der Waals surface area contributed by atoms with Crippen LogP contribution in [0.4, 0.5) is 0 Å². The molecular formula is C29H37N5OS. The monoisotopic (exact) mass is 503 g/mol. The molecule has 1 N–H and O–H groups in total. The van der Waals surface area contributed by atoms with Gasteiger partial charge in [0.1, 0.15) is 0 Å². The minimum Gasteiger partial charge on any atom is -0.379 e. The van der Waals surface area contributed by atoms with Crippen LogP contribution < -0.4 is 5.32 Å². The summed E-state index contributed by atoms with van der Waals surface area (Å²) in [5, 5.41) is 4.44. The SMILES string of the molecule is Cc1ccc(C)c(-n2c(C)cc([C@@H]3[C@@H](c4ccccn4)NC(=S)N3CCCN3CCOCC3)c2C)c1. The fourth-order valence-electron chi connectivity index (χ4n) is 5.69. The van der Waals surface area contributed by atoms with Crippen LogP contribution in [0, 0.1) is 27.7 Å². The highest BCUT2D eigenvalue weighted by Crippen LogP contribution is 2.41. The summed E-state index contributed by atoms with van der Waals surface area (Å²) in [6.45, 7) is 14.5. The van der Waals surface area contributed by atoms with Crippen molar-refractivity contribution in [1.29, 1.82) is 0 Å². The Kier molecular flexibility index (Phi) is 7.42. The van der Waals surface area contributed by atoms with Gasteiger partial charge in [0.2, 0.25) is 0 Å². The van der Waals surface area contributed by atoms with Gasteiger partial charge in [0.15, 0.2) is 5.11 Å². The summed E-state index contributed by atoms with van der Waals surface area (Å²) in [6, 6.07) is 15.3. The number of nitrogens with one attached hydrogen (secondary N) is 1. The fourth-order valence-corrected chi connectivity index (χ4v) is 6.02. The molecule has 2 aliphatic rings. The highest BCUT2D eigenvalue weighted by atomic mass is 32.1. The molecular weight excluding hydrogens is 466 g/mol. The highest BCUT2D eigenvalue weighted by Gasteiger charge is 2.41. The number of thiocarbonyl (C=S) groups is 1. The van der Waals surface area contributed by atoms with Crippen LogP contribution >= 0.6 is 12.2 Å². The van der Waals surface area contributed by atoms with Crippen LogP contribution in [0.25, 0.3) is 5.69 Å². The summed E-state index contributed by atoms with van der Waals surface area (Å²) in [4.78, 5) is 9.61. The summed E-state index contributed by atoms with van der Waals surface area (Å²) in [5.41, 5.74) is 8.62. The maximum Gasteiger partial charge on any atom is 0.170 e. The average Bonchev–Trinajstić information content (AvgIpc) is 3.36. The van der Waals surface area contributed by atoms with Gasteiger partial charge >= 0.3 is 0 Å². The minimum atomic E-state index is 0.00893. The summed E-state index contributed by atoms with van der Waals surface area (Å²) >= 11 is 5.93. The first-order chi connectivity index (χ1) is 17.4. The predicted octanol–water partition coefficient (Wildman–Crippen LogP) is 4.80. The number of hydrogen-bond donors (Lipinski definition) is 1. The van der Waals surface area contributed by atoms with E-state index in [4.69, 9.17) is 21.9 Å². The standard InChI is InChI=1S/C29H37N5OS/c1-20-9-10-21(2)26(18-20)34-22(3)19-24(23(34)4)28-27(25-8-5-6-11-30-25)31-29(36)33(28)13-7-12-32-14-16-35-17-15-32/h5-6,8-11,18-19,27-28H,7,12-17H2,1-4H3,(H,31,36)/t27-,28-/m1/s1. The van der Waals surface area contributed by atoms with Gasteiger partial charge in [-0.2, -0.15) is 0 Å². The van der Waals surface area contributed by atoms with Gasteiger partial charge in [-0.05, 0) is 87.3 Å². The largest absolute Gasteiger partial charge is 0.379 e. The van der Waals surface area contributed by atoms with Crippen molar-refractivity contribution < 1.29 is 4.74 Å². The second-order valence-corrected chi connectivity index (χ2v) is 10.5. The lowest BCUT2D eigenvalue weighted by molar-refractivity contribution is 0.0365. The third-order valence-corrected chi connectivity index (χ3v) is 7.92. The maximum atomic E-state index is 5.93. The topological polar surface area (TPSA) is 45.6 Å². The number of ether oxygens (including phenoxy) is 1. The first-order valence-electron chi connectivity index (χ1n) is 13.0.